The second-order valence-corrected chi connectivity index (χ2v) is 7.24. The number of rotatable bonds is 7. The first-order chi connectivity index (χ1) is 8.58. The first-order valence-corrected chi connectivity index (χ1v) is 8.80. The number of thioether (sulfide) groups is 1. The van der Waals surface area contributed by atoms with Gasteiger partial charge in [0.25, 0.3) is 0 Å². The third-order valence-corrected chi connectivity index (χ3v) is 5.39. The van der Waals surface area contributed by atoms with Gasteiger partial charge in [-0.25, -0.2) is 0 Å². The molecule has 0 aliphatic carbocycles. The van der Waals surface area contributed by atoms with Gasteiger partial charge < -0.3 is 5.32 Å². The maximum absolute atomic E-state index is 3.84. The minimum absolute atomic E-state index is 0.363. The summed E-state index contributed by atoms with van der Waals surface area (Å²) in [5, 5.41) is 3.84. The lowest BCUT2D eigenvalue weighted by Gasteiger charge is -2.49. The Bertz CT molecular complexity index is 227. The van der Waals surface area contributed by atoms with E-state index < -0.39 is 0 Å². The first-order valence-electron chi connectivity index (χ1n) is 7.65. The van der Waals surface area contributed by atoms with Gasteiger partial charge in [-0.05, 0) is 24.5 Å². The topological polar surface area (TPSA) is 15.3 Å². The van der Waals surface area contributed by atoms with Crippen molar-refractivity contribution in [2.75, 3.05) is 31.1 Å². The van der Waals surface area contributed by atoms with E-state index in [2.05, 4.69) is 56.6 Å². The summed E-state index contributed by atoms with van der Waals surface area (Å²) in [6.07, 6.45) is 2.48. The van der Waals surface area contributed by atoms with Gasteiger partial charge in [-0.3, -0.25) is 4.90 Å². The molecule has 1 fully saturated rings. The average molecular weight is 273 g/mol. The van der Waals surface area contributed by atoms with E-state index in [1.165, 1.54) is 37.4 Å². The van der Waals surface area contributed by atoms with E-state index in [1.54, 1.807) is 0 Å². The molecule has 0 saturated carbocycles. The molecule has 1 saturated heterocycles. The summed E-state index contributed by atoms with van der Waals surface area (Å²) < 4.78 is 0. The molecule has 0 aromatic carbocycles. The molecule has 1 N–H and O–H groups in total. The molecule has 0 spiro atoms. The highest BCUT2D eigenvalue weighted by molar-refractivity contribution is 7.99. The molecule has 1 heterocycles. The lowest BCUT2D eigenvalue weighted by Crippen LogP contribution is -2.65. The SMILES string of the molecule is CCSCCN1CC(CC)(CC)NCC1C(C)C. The van der Waals surface area contributed by atoms with Crippen LogP contribution in [0.2, 0.25) is 0 Å². The smallest absolute Gasteiger partial charge is 0.0304 e. The van der Waals surface area contributed by atoms with Crippen molar-refractivity contribution in [2.24, 2.45) is 5.92 Å². The van der Waals surface area contributed by atoms with E-state index in [0.29, 0.717) is 11.6 Å². The van der Waals surface area contributed by atoms with Gasteiger partial charge in [0.15, 0.2) is 0 Å². The van der Waals surface area contributed by atoms with Gasteiger partial charge >= 0.3 is 0 Å². The fourth-order valence-corrected chi connectivity index (χ4v) is 3.62. The van der Waals surface area contributed by atoms with Crippen LogP contribution in [0.4, 0.5) is 0 Å². The van der Waals surface area contributed by atoms with Gasteiger partial charge in [0.2, 0.25) is 0 Å². The predicted molar refractivity (Wildman–Crippen MR) is 84.5 cm³/mol. The summed E-state index contributed by atoms with van der Waals surface area (Å²) in [6, 6.07) is 0.716. The van der Waals surface area contributed by atoms with Gasteiger partial charge in [-0.2, -0.15) is 11.8 Å². The number of nitrogens with zero attached hydrogens (tertiary/aromatic N) is 1. The van der Waals surface area contributed by atoms with Crippen molar-refractivity contribution in [3.8, 4) is 0 Å². The maximum atomic E-state index is 3.84. The van der Waals surface area contributed by atoms with Gasteiger partial charge in [-0.15, -0.1) is 0 Å². The van der Waals surface area contributed by atoms with Crippen molar-refractivity contribution in [2.45, 2.75) is 59.0 Å². The Balaban J connectivity index is 2.63. The quantitative estimate of drug-likeness (QED) is 0.716. The van der Waals surface area contributed by atoms with Crippen molar-refractivity contribution in [1.82, 2.24) is 10.2 Å². The van der Waals surface area contributed by atoms with Crippen LogP contribution >= 0.6 is 11.8 Å². The standard InChI is InChI=1S/C15H32N2S/c1-6-15(7-2)12-17(9-10-18-8-3)14(11-16-15)13(4)5/h13-14,16H,6-12H2,1-5H3. The van der Waals surface area contributed by atoms with Crippen LogP contribution in [0, 0.1) is 5.92 Å². The van der Waals surface area contributed by atoms with Crippen molar-refractivity contribution >= 4 is 11.8 Å². The lowest BCUT2D eigenvalue weighted by atomic mass is 9.86. The highest BCUT2D eigenvalue weighted by Crippen LogP contribution is 2.25. The van der Waals surface area contributed by atoms with Crippen molar-refractivity contribution in [3.63, 3.8) is 0 Å². The Labute approximate surface area is 118 Å². The van der Waals surface area contributed by atoms with Crippen molar-refractivity contribution < 1.29 is 0 Å². The minimum atomic E-state index is 0.363. The monoisotopic (exact) mass is 272 g/mol. The minimum Gasteiger partial charge on any atom is -0.308 e. The van der Waals surface area contributed by atoms with Crippen molar-refractivity contribution in [3.05, 3.63) is 0 Å². The van der Waals surface area contributed by atoms with Crippen LogP contribution < -0.4 is 5.32 Å². The largest absolute Gasteiger partial charge is 0.308 e. The van der Waals surface area contributed by atoms with Gasteiger partial charge in [0.1, 0.15) is 0 Å². The highest BCUT2D eigenvalue weighted by atomic mass is 32.2. The fourth-order valence-electron chi connectivity index (χ4n) is 2.96. The predicted octanol–water partition coefficient (Wildman–Crippen LogP) is 3.23. The summed E-state index contributed by atoms with van der Waals surface area (Å²) in [5.41, 5.74) is 0.363. The summed E-state index contributed by atoms with van der Waals surface area (Å²) in [7, 11) is 0. The molecule has 0 amide bonds. The molecule has 0 aromatic rings. The summed E-state index contributed by atoms with van der Waals surface area (Å²) in [4.78, 5) is 2.75. The number of hydrogen-bond acceptors (Lipinski definition) is 3. The first kappa shape index (κ1) is 16.3. The summed E-state index contributed by atoms with van der Waals surface area (Å²) >= 11 is 2.07. The molecule has 3 heteroatoms. The average Bonchev–Trinajstić information content (AvgIpc) is 2.38. The number of hydrogen-bond donors (Lipinski definition) is 1. The van der Waals surface area contributed by atoms with Gasteiger partial charge in [0, 0.05) is 37.0 Å². The molecule has 0 radical (unpaired) electrons. The van der Waals surface area contributed by atoms with Crippen LogP contribution in [0.3, 0.4) is 0 Å². The zero-order valence-corrected chi connectivity index (χ0v) is 13.8. The van der Waals surface area contributed by atoms with Crippen LogP contribution in [-0.2, 0) is 0 Å². The lowest BCUT2D eigenvalue weighted by molar-refractivity contribution is 0.0559. The molecule has 2 nitrogen and oxygen atoms in total. The van der Waals surface area contributed by atoms with E-state index in [4.69, 9.17) is 0 Å². The Morgan fingerprint density at radius 1 is 1.28 bits per heavy atom. The molecular formula is C15H32N2S. The maximum Gasteiger partial charge on any atom is 0.0304 e. The van der Waals surface area contributed by atoms with E-state index in [9.17, 15) is 0 Å². The molecule has 1 rings (SSSR count). The Morgan fingerprint density at radius 2 is 1.94 bits per heavy atom. The van der Waals surface area contributed by atoms with E-state index in [-0.39, 0.29) is 0 Å². The molecule has 0 bridgehead atoms. The molecule has 1 unspecified atom stereocenters. The Kier molecular flexibility index (Phi) is 7.04. The van der Waals surface area contributed by atoms with Crippen LogP contribution in [0.15, 0.2) is 0 Å². The second-order valence-electron chi connectivity index (χ2n) is 5.85. The fraction of sp³-hybridized carbons (Fsp3) is 1.00. The summed E-state index contributed by atoms with van der Waals surface area (Å²) in [5.74, 6) is 3.27. The highest BCUT2D eigenvalue weighted by Gasteiger charge is 2.37. The second kappa shape index (κ2) is 7.76. The third-order valence-electron chi connectivity index (χ3n) is 4.51. The molecule has 1 atom stereocenters. The zero-order chi connectivity index (χ0) is 13.6. The Morgan fingerprint density at radius 3 is 2.44 bits per heavy atom. The third kappa shape index (κ3) is 4.14. The molecule has 0 aromatic heterocycles. The van der Waals surface area contributed by atoms with Crippen LogP contribution in [0.5, 0.6) is 0 Å². The number of nitrogens with one attached hydrogen (secondary N) is 1. The molecule has 1 aliphatic heterocycles. The molecule has 18 heavy (non-hydrogen) atoms. The number of piperazine rings is 1. The van der Waals surface area contributed by atoms with Gasteiger partial charge in [0.05, 0.1) is 0 Å². The van der Waals surface area contributed by atoms with Crippen LogP contribution in [0.1, 0.15) is 47.5 Å². The van der Waals surface area contributed by atoms with E-state index in [0.717, 1.165) is 12.5 Å². The molecule has 108 valence electrons. The zero-order valence-electron chi connectivity index (χ0n) is 13.0. The van der Waals surface area contributed by atoms with Crippen LogP contribution in [0.25, 0.3) is 0 Å². The normalized spacial score (nSPS) is 24.7. The van der Waals surface area contributed by atoms with Gasteiger partial charge in [-0.1, -0.05) is 34.6 Å². The molecule has 1 aliphatic rings. The Hall–Kier alpha value is 0.270. The summed E-state index contributed by atoms with van der Waals surface area (Å²) in [6.45, 7) is 15.3. The van der Waals surface area contributed by atoms with Crippen LogP contribution in [-0.4, -0.2) is 47.6 Å². The van der Waals surface area contributed by atoms with Crippen molar-refractivity contribution in [1.29, 1.82) is 0 Å². The van der Waals surface area contributed by atoms with E-state index >= 15 is 0 Å². The van der Waals surface area contributed by atoms with E-state index in [1.807, 2.05) is 0 Å². The molecular weight excluding hydrogens is 240 g/mol.